The largest absolute Gasteiger partial charge is 0.422 e. The maximum absolute atomic E-state index is 12.0. The number of fused-ring (bicyclic) bond motifs is 1. The first-order valence-electron chi connectivity index (χ1n) is 5.53. The summed E-state index contributed by atoms with van der Waals surface area (Å²) >= 11 is 3.40. The van der Waals surface area contributed by atoms with E-state index in [4.69, 9.17) is 4.42 Å². The van der Waals surface area contributed by atoms with Crippen molar-refractivity contribution in [3.63, 3.8) is 0 Å². The van der Waals surface area contributed by atoms with E-state index in [1.807, 2.05) is 48.5 Å². The molecule has 3 aromatic rings. The SMILES string of the molecule is O=c1oc2ccccc2cc1-c1cccc(Br)c1. The molecule has 88 valence electrons. The van der Waals surface area contributed by atoms with E-state index in [2.05, 4.69) is 15.9 Å². The average Bonchev–Trinajstić information content (AvgIpc) is 2.38. The molecule has 18 heavy (non-hydrogen) atoms. The van der Waals surface area contributed by atoms with Crippen LogP contribution in [0.3, 0.4) is 0 Å². The average molecular weight is 301 g/mol. The molecule has 0 aliphatic carbocycles. The molecule has 3 rings (SSSR count). The van der Waals surface area contributed by atoms with Crippen LogP contribution in [0.2, 0.25) is 0 Å². The zero-order chi connectivity index (χ0) is 12.5. The number of hydrogen-bond donors (Lipinski definition) is 0. The summed E-state index contributed by atoms with van der Waals surface area (Å²) in [6, 6.07) is 17.0. The summed E-state index contributed by atoms with van der Waals surface area (Å²) in [5.74, 6) is 0. The van der Waals surface area contributed by atoms with Gasteiger partial charge in [-0.25, -0.2) is 4.79 Å². The van der Waals surface area contributed by atoms with Gasteiger partial charge in [-0.1, -0.05) is 46.3 Å². The second kappa shape index (κ2) is 4.42. The lowest BCUT2D eigenvalue weighted by atomic mass is 10.1. The molecule has 0 fully saturated rings. The minimum Gasteiger partial charge on any atom is -0.422 e. The zero-order valence-corrected chi connectivity index (χ0v) is 11.0. The van der Waals surface area contributed by atoms with Crippen molar-refractivity contribution in [1.82, 2.24) is 0 Å². The fraction of sp³-hybridized carbons (Fsp3) is 0. The molecule has 0 saturated heterocycles. The molecule has 0 amide bonds. The van der Waals surface area contributed by atoms with Crippen LogP contribution in [0, 0.1) is 0 Å². The minimum atomic E-state index is -0.313. The van der Waals surface area contributed by atoms with Crippen LogP contribution in [0.1, 0.15) is 0 Å². The maximum atomic E-state index is 12.0. The third-order valence-corrected chi connectivity index (χ3v) is 3.27. The van der Waals surface area contributed by atoms with Crippen molar-refractivity contribution in [2.75, 3.05) is 0 Å². The molecule has 1 aromatic heterocycles. The first-order chi connectivity index (χ1) is 8.74. The lowest BCUT2D eigenvalue weighted by Gasteiger charge is -2.02. The Labute approximate surface area is 112 Å². The molecule has 2 nitrogen and oxygen atoms in total. The van der Waals surface area contributed by atoms with Gasteiger partial charge >= 0.3 is 5.63 Å². The van der Waals surface area contributed by atoms with Crippen LogP contribution in [-0.4, -0.2) is 0 Å². The number of hydrogen-bond acceptors (Lipinski definition) is 2. The highest BCUT2D eigenvalue weighted by atomic mass is 79.9. The lowest BCUT2D eigenvalue weighted by Crippen LogP contribution is -2.02. The second-order valence-corrected chi connectivity index (χ2v) is 4.91. The molecule has 0 saturated carbocycles. The first-order valence-corrected chi connectivity index (χ1v) is 6.32. The first kappa shape index (κ1) is 11.2. The molecule has 0 aliphatic heterocycles. The van der Waals surface area contributed by atoms with E-state index in [0.29, 0.717) is 11.1 Å². The van der Waals surface area contributed by atoms with Crippen molar-refractivity contribution in [3.05, 3.63) is 69.5 Å². The molecular formula is C15H9BrO2. The van der Waals surface area contributed by atoms with Crippen molar-refractivity contribution in [2.45, 2.75) is 0 Å². The predicted molar refractivity (Wildman–Crippen MR) is 75.6 cm³/mol. The predicted octanol–water partition coefficient (Wildman–Crippen LogP) is 4.22. The molecule has 1 heterocycles. The zero-order valence-electron chi connectivity index (χ0n) is 9.39. The number of halogens is 1. The highest BCUT2D eigenvalue weighted by molar-refractivity contribution is 9.10. The van der Waals surface area contributed by atoms with Crippen LogP contribution in [0.25, 0.3) is 22.1 Å². The van der Waals surface area contributed by atoms with Crippen LogP contribution in [0.15, 0.2) is 68.3 Å². The summed E-state index contributed by atoms with van der Waals surface area (Å²) in [6.07, 6.45) is 0. The molecule has 0 spiro atoms. The Kier molecular flexibility index (Phi) is 2.76. The van der Waals surface area contributed by atoms with Crippen molar-refractivity contribution in [2.24, 2.45) is 0 Å². The highest BCUT2D eigenvalue weighted by Crippen LogP contribution is 2.23. The smallest absolute Gasteiger partial charge is 0.344 e. The summed E-state index contributed by atoms with van der Waals surface area (Å²) < 4.78 is 6.25. The molecule has 0 N–H and O–H groups in total. The normalized spacial score (nSPS) is 10.7. The molecule has 3 heteroatoms. The van der Waals surface area contributed by atoms with Gasteiger partial charge in [0.15, 0.2) is 0 Å². The van der Waals surface area contributed by atoms with E-state index < -0.39 is 0 Å². The topological polar surface area (TPSA) is 30.2 Å². The van der Waals surface area contributed by atoms with Gasteiger partial charge in [-0.3, -0.25) is 0 Å². The van der Waals surface area contributed by atoms with Crippen molar-refractivity contribution in [3.8, 4) is 11.1 Å². The van der Waals surface area contributed by atoms with E-state index in [-0.39, 0.29) is 5.63 Å². The Morgan fingerprint density at radius 3 is 2.61 bits per heavy atom. The monoisotopic (exact) mass is 300 g/mol. The summed E-state index contributed by atoms with van der Waals surface area (Å²) in [5.41, 5.74) is 1.73. The van der Waals surface area contributed by atoms with Gasteiger partial charge in [0.05, 0.1) is 5.56 Å². The summed E-state index contributed by atoms with van der Waals surface area (Å²) in [5, 5.41) is 0.923. The van der Waals surface area contributed by atoms with Gasteiger partial charge in [0, 0.05) is 9.86 Å². The quantitative estimate of drug-likeness (QED) is 0.630. The second-order valence-electron chi connectivity index (χ2n) is 4.00. The van der Waals surface area contributed by atoms with Gasteiger partial charge < -0.3 is 4.42 Å². The Morgan fingerprint density at radius 2 is 1.78 bits per heavy atom. The van der Waals surface area contributed by atoms with Crippen LogP contribution >= 0.6 is 15.9 Å². The van der Waals surface area contributed by atoms with E-state index in [9.17, 15) is 4.79 Å². The van der Waals surface area contributed by atoms with E-state index in [1.54, 1.807) is 6.07 Å². The Balaban J connectivity index is 2.29. The molecule has 0 bridgehead atoms. The minimum absolute atomic E-state index is 0.313. The van der Waals surface area contributed by atoms with E-state index in [1.165, 1.54) is 0 Å². The van der Waals surface area contributed by atoms with Gasteiger partial charge in [-0.05, 0) is 29.8 Å². The molecule has 0 aliphatic rings. The molecule has 2 aromatic carbocycles. The molecule has 0 unspecified atom stereocenters. The number of rotatable bonds is 1. The van der Waals surface area contributed by atoms with Gasteiger partial charge in [-0.2, -0.15) is 0 Å². The summed E-state index contributed by atoms with van der Waals surface area (Å²) in [7, 11) is 0. The Bertz CT molecular complexity index is 775. The number of para-hydroxylation sites is 1. The van der Waals surface area contributed by atoms with Gasteiger partial charge in [0.25, 0.3) is 0 Å². The Hall–Kier alpha value is -1.87. The fourth-order valence-corrected chi connectivity index (χ4v) is 2.32. The molecule has 0 atom stereocenters. The Morgan fingerprint density at radius 1 is 0.944 bits per heavy atom. The molecule has 0 radical (unpaired) electrons. The number of benzene rings is 2. The summed E-state index contributed by atoms with van der Waals surface area (Å²) in [4.78, 5) is 12.0. The van der Waals surface area contributed by atoms with Gasteiger partial charge in [0.2, 0.25) is 0 Å². The third kappa shape index (κ3) is 1.97. The van der Waals surface area contributed by atoms with Crippen LogP contribution in [0.4, 0.5) is 0 Å². The maximum Gasteiger partial charge on any atom is 0.344 e. The van der Waals surface area contributed by atoms with Crippen LogP contribution in [-0.2, 0) is 0 Å². The third-order valence-electron chi connectivity index (χ3n) is 2.78. The van der Waals surface area contributed by atoms with E-state index >= 15 is 0 Å². The van der Waals surface area contributed by atoms with Crippen molar-refractivity contribution >= 4 is 26.9 Å². The van der Waals surface area contributed by atoms with Gasteiger partial charge in [-0.15, -0.1) is 0 Å². The lowest BCUT2D eigenvalue weighted by molar-refractivity contribution is 0.563. The van der Waals surface area contributed by atoms with Gasteiger partial charge in [0.1, 0.15) is 5.58 Å². The van der Waals surface area contributed by atoms with Crippen molar-refractivity contribution in [1.29, 1.82) is 0 Å². The summed E-state index contributed by atoms with van der Waals surface area (Å²) in [6.45, 7) is 0. The standard InChI is InChI=1S/C15H9BrO2/c16-12-6-3-5-10(8-12)13-9-11-4-1-2-7-14(11)18-15(13)17/h1-9H. The fourth-order valence-electron chi connectivity index (χ4n) is 1.92. The highest BCUT2D eigenvalue weighted by Gasteiger charge is 2.07. The van der Waals surface area contributed by atoms with Crippen LogP contribution in [0.5, 0.6) is 0 Å². The van der Waals surface area contributed by atoms with Crippen LogP contribution < -0.4 is 5.63 Å². The molecular weight excluding hydrogens is 292 g/mol. The van der Waals surface area contributed by atoms with Crippen molar-refractivity contribution < 1.29 is 4.42 Å². The van der Waals surface area contributed by atoms with E-state index in [0.717, 1.165) is 15.4 Å².